The molecule has 0 unspecified atom stereocenters. The van der Waals surface area contributed by atoms with Crippen LogP contribution in [0.4, 0.5) is 0 Å². The molecule has 9 heteroatoms. The second-order valence-corrected chi connectivity index (χ2v) is 10.1. The molecule has 36 heavy (non-hydrogen) atoms. The maximum Gasteiger partial charge on any atom is 0.329 e. The smallest absolute Gasteiger partial charge is 0.290 e. The molecule has 0 atom stereocenters. The molecule has 0 radical (unpaired) electrons. The first-order valence-electron chi connectivity index (χ1n) is 12.9. The molecule has 1 aromatic carbocycles. The number of tetrazole rings is 1. The number of benzene rings is 1. The molecule has 3 aromatic heterocycles. The summed E-state index contributed by atoms with van der Waals surface area (Å²) in [6.07, 6.45) is 12.6. The standard InChI is InChI=1S/C27H32ClN7O/c1-2-3-9-24-25(28)35(18-19-7-5-4-6-8-19)27(36)34(24)17-20-10-12-21(13-11-20)23-16-29-15-14-22(23)26-30-32-33-31-26/h10-16,19H,2-9,17-18H2,1H3,(H,30,31,32,33). The van der Waals surface area contributed by atoms with E-state index < -0.39 is 0 Å². The Labute approximate surface area is 215 Å². The third kappa shape index (κ3) is 5.14. The summed E-state index contributed by atoms with van der Waals surface area (Å²) >= 11 is 6.84. The van der Waals surface area contributed by atoms with Crippen molar-refractivity contribution in [2.45, 2.75) is 71.4 Å². The van der Waals surface area contributed by atoms with Crippen LogP contribution in [0.1, 0.15) is 63.1 Å². The Morgan fingerprint density at radius 1 is 1.06 bits per heavy atom. The van der Waals surface area contributed by atoms with Crippen LogP contribution in [-0.2, 0) is 19.5 Å². The largest absolute Gasteiger partial charge is 0.329 e. The predicted molar refractivity (Wildman–Crippen MR) is 141 cm³/mol. The molecule has 0 saturated heterocycles. The van der Waals surface area contributed by atoms with Gasteiger partial charge in [0.05, 0.1) is 12.2 Å². The van der Waals surface area contributed by atoms with Crippen molar-refractivity contribution in [3.8, 4) is 22.5 Å². The number of halogens is 1. The number of H-pyrrole nitrogens is 1. The number of hydrogen-bond acceptors (Lipinski definition) is 5. The molecule has 3 heterocycles. The first-order valence-corrected chi connectivity index (χ1v) is 13.3. The highest BCUT2D eigenvalue weighted by Gasteiger charge is 2.22. The van der Waals surface area contributed by atoms with E-state index in [1.165, 1.54) is 32.1 Å². The van der Waals surface area contributed by atoms with Crippen molar-refractivity contribution in [2.24, 2.45) is 5.92 Å². The minimum atomic E-state index is 0.00752. The van der Waals surface area contributed by atoms with Crippen molar-refractivity contribution in [3.63, 3.8) is 0 Å². The van der Waals surface area contributed by atoms with E-state index in [0.717, 1.165) is 53.8 Å². The lowest BCUT2D eigenvalue weighted by atomic mass is 9.89. The van der Waals surface area contributed by atoms with Crippen molar-refractivity contribution >= 4 is 11.6 Å². The predicted octanol–water partition coefficient (Wildman–Crippen LogP) is 5.52. The van der Waals surface area contributed by atoms with E-state index in [9.17, 15) is 4.79 Å². The lowest BCUT2D eigenvalue weighted by Crippen LogP contribution is -2.28. The molecule has 0 amide bonds. The average molecular weight is 506 g/mol. The van der Waals surface area contributed by atoms with Crippen LogP contribution in [0.3, 0.4) is 0 Å². The summed E-state index contributed by atoms with van der Waals surface area (Å²) in [7, 11) is 0. The van der Waals surface area contributed by atoms with Gasteiger partial charge in [0.2, 0.25) is 0 Å². The van der Waals surface area contributed by atoms with Gasteiger partial charge in [-0.2, -0.15) is 0 Å². The summed E-state index contributed by atoms with van der Waals surface area (Å²) in [6, 6.07) is 10.1. The van der Waals surface area contributed by atoms with Gasteiger partial charge in [-0.05, 0) is 59.2 Å². The van der Waals surface area contributed by atoms with Crippen molar-refractivity contribution in [2.75, 3.05) is 0 Å². The monoisotopic (exact) mass is 505 g/mol. The van der Waals surface area contributed by atoms with Crippen LogP contribution in [0, 0.1) is 5.92 Å². The zero-order chi connectivity index (χ0) is 24.9. The molecule has 1 aliphatic carbocycles. The molecule has 1 aliphatic rings. The summed E-state index contributed by atoms with van der Waals surface area (Å²) < 4.78 is 3.70. The van der Waals surface area contributed by atoms with Crippen LogP contribution < -0.4 is 5.69 Å². The molecule has 1 N–H and O–H groups in total. The number of aromatic amines is 1. The molecule has 5 rings (SSSR count). The van der Waals surface area contributed by atoms with Crippen LogP contribution in [0.25, 0.3) is 22.5 Å². The van der Waals surface area contributed by atoms with Crippen LogP contribution >= 0.6 is 11.6 Å². The van der Waals surface area contributed by atoms with Gasteiger partial charge in [-0.1, -0.05) is 68.5 Å². The van der Waals surface area contributed by atoms with E-state index in [4.69, 9.17) is 11.6 Å². The summed E-state index contributed by atoms with van der Waals surface area (Å²) in [6.45, 7) is 3.39. The van der Waals surface area contributed by atoms with E-state index in [2.05, 4.69) is 56.8 Å². The molecular formula is C27H32ClN7O. The summed E-state index contributed by atoms with van der Waals surface area (Å²) in [5, 5.41) is 14.9. The zero-order valence-corrected chi connectivity index (χ0v) is 21.4. The van der Waals surface area contributed by atoms with E-state index in [1.54, 1.807) is 6.20 Å². The number of nitrogens with one attached hydrogen (secondary N) is 1. The Morgan fingerprint density at radius 2 is 1.86 bits per heavy atom. The number of imidazole rings is 1. The molecule has 1 fully saturated rings. The maximum absolute atomic E-state index is 13.5. The van der Waals surface area contributed by atoms with E-state index in [1.807, 2.05) is 21.4 Å². The molecular weight excluding hydrogens is 474 g/mol. The number of hydrogen-bond donors (Lipinski definition) is 1. The number of unbranched alkanes of at least 4 members (excludes halogenated alkanes) is 1. The first kappa shape index (κ1) is 24.4. The van der Waals surface area contributed by atoms with Crippen molar-refractivity contribution in [3.05, 3.63) is 69.6 Å². The van der Waals surface area contributed by atoms with Gasteiger partial charge in [0.25, 0.3) is 0 Å². The van der Waals surface area contributed by atoms with Crippen LogP contribution in [0.2, 0.25) is 5.15 Å². The van der Waals surface area contributed by atoms with Crippen molar-refractivity contribution < 1.29 is 0 Å². The van der Waals surface area contributed by atoms with Gasteiger partial charge in [-0.15, -0.1) is 5.10 Å². The summed E-state index contributed by atoms with van der Waals surface area (Å²) in [5.74, 6) is 1.13. The number of pyridine rings is 1. The van der Waals surface area contributed by atoms with Gasteiger partial charge in [0, 0.05) is 30.1 Å². The van der Waals surface area contributed by atoms with Crippen LogP contribution in [0.15, 0.2) is 47.5 Å². The van der Waals surface area contributed by atoms with Crippen molar-refractivity contribution in [1.29, 1.82) is 0 Å². The Hall–Kier alpha value is -3.26. The topological polar surface area (TPSA) is 94.3 Å². The molecule has 188 valence electrons. The normalized spacial score (nSPS) is 14.4. The molecule has 0 aliphatic heterocycles. The number of nitrogens with zero attached hydrogens (tertiary/aromatic N) is 6. The van der Waals surface area contributed by atoms with E-state index >= 15 is 0 Å². The average Bonchev–Trinajstić information content (AvgIpc) is 3.53. The highest BCUT2D eigenvalue weighted by molar-refractivity contribution is 6.30. The first-order chi connectivity index (χ1) is 17.7. The molecule has 0 spiro atoms. The van der Waals surface area contributed by atoms with Gasteiger partial charge in [0.15, 0.2) is 5.82 Å². The van der Waals surface area contributed by atoms with Gasteiger partial charge in [0.1, 0.15) is 5.15 Å². The highest BCUT2D eigenvalue weighted by atomic mass is 35.5. The van der Waals surface area contributed by atoms with Crippen LogP contribution in [0.5, 0.6) is 0 Å². The molecule has 4 aromatic rings. The number of aromatic nitrogens is 7. The lowest BCUT2D eigenvalue weighted by Gasteiger charge is -2.21. The second kappa shape index (κ2) is 11.2. The van der Waals surface area contributed by atoms with Gasteiger partial charge in [-0.3, -0.25) is 14.1 Å². The number of rotatable bonds is 9. The third-order valence-electron chi connectivity index (χ3n) is 7.22. The Balaban J connectivity index is 1.42. The molecule has 8 nitrogen and oxygen atoms in total. The third-order valence-corrected chi connectivity index (χ3v) is 7.64. The van der Waals surface area contributed by atoms with E-state index in [0.29, 0.717) is 23.4 Å². The summed E-state index contributed by atoms with van der Waals surface area (Å²) in [4.78, 5) is 17.8. The highest BCUT2D eigenvalue weighted by Crippen LogP contribution is 2.30. The van der Waals surface area contributed by atoms with Gasteiger partial charge in [-0.25, -0.2) is 9.89 Å². The Kier molecular flexibility index (Phi) is 7.60. The maximum atomic E-state index is 13.5. The Bertz CT molecular complexity index is 1340. The van der Waals surface area contributed by atoms with Crippen molar-refractivity contribution in [1.82, 2.24) is 34.7 Å². The zero-order valence-electron chi connectivity index (χ0n) is 20.7. The SMILES string of the molecule is CCCCc1c(Cl)n(CC2CCCCC2)c(=O)n1Cc1ccc(-c2cnccc2-c2nnn[nH]2)cc1. The summed E-state index contributed by atoms with van der Waals surface area (Å²) in [5.41, 5.74) is 4.84. The molecule has 1 saturated carbocycles. The fourth-order valence-corrected chi connectivity index (χ4v) is 5.56. The fourth-order valence-electron chi connectivity index (χ4n) is 5.22. The van der Waals surface area contributed by atoms with Gasteiger partial charge >= 0.3 is 5.69 Å². The quantitative estimate of drug-likeness (QED) is 0.323. The van der Waals surface area contributed by atoms with E-state index in [-0.39, 0.29) is 5.69 Å². The van der Waals surface area contributed by atoms with Gasteiger partial charge < -0.3 is 0 Å². The fraction of sp³-hybridized carbons (Fsp3) is 0.444. The lowest BCUT2D eigenvalue weighted by molar-refractivity contribution is 0.315. The minimum absolute atomic E-state index is 0.00752. The Morgan fingerprint density at radius 3 is 2.58 bits per heavy atom. The molecule has 0 bridgehead atoms. The minimum Gasteiger partial charge on any atom is -0.290 e. The van der Waals surface area contributed by atoms with Crippen LogP contribution in [-0.4, -0.2) is 34.7 Å². The second-order valence-electron chi connectivity index (χ2n) is 9.69.